The first-order valence-corrected chi connectivity index (χ1v) is 11.9. The third kappa shape index (κ3) is 4.85. The van der Waals surface area contributed by atoms with Crippen LogP contribution < -0.4 is 8.85 Å². The molecule has 0 heterocycles. The Morgan fingerprint density at radius 1 is 0.652 bits per heavy atom. The van der Waals surface area contributed by atoms with Crippen molar-refractivity contribution in [3.8, 4) is 11.5 Å². The zero-order chi connectivity index (χ0) is 17.0. The van der Waals surface area contributed by atoms with Crippen molar-refractivity contribution in [2.75, 3.05) is 0 Å². The van der Waals surface area contributed by atoms with E-state index in [1.54, 1.807) is 0 Å². The van der Waals surface area contributed by atoms with Crippen molar-refractivity contribution in [1.29, 1.82) is 0 Å². The van der Waals surface area contributed by atoms with Gasteiger partial charge in [0, 0.05) is 18.2 Å². The maximum absolute atomic E-state index is 6.53. The highest BCUT2D eigenvalue weighted by atomic mass is 127. The lowest BCUT2D eigenvalue weighted by Gasteiger charge is -2.37. The smallest absolute Gasteiger partial charge is 0.465 e. The van der Waals surface area contributed by atoms with Crippen LogP contribution in [0.5, 0.6) is 11.5 Å². The standard InChI is InChI=1S/C18H22I2O2Si/c1-13(2)23(14(3)4,21-17-9-5-15(19)6-10-17)22-18-11-7-16(20)8-12-18/h5-14H,1-4H3. The minimum Gasteiger partial charge on any atom is -0.512 e. The Bertz CT molecular complexity index is 567. The van der Waals surface area contributed by atoms with Crippen molar-refractivity contribution in [3.05, 3.63) is 55.7 Å². The molecule has 5 heteroatoms. The van der Waals surface area contributed by atoms with Gasteiger partial charge in [0.1, 0.15) is 11.5 Å². The summed E-state index contributed by atoms with van der Waals surface area (Å²) in [6.45, 7) is 8.80. The van der Waals surface area contributed by atoms with Crippen LogP contribution >= 0.6 is 45.2 Å². The van der Waals surface area contributed by atoms with Crippen LogP contribution in [-0.4, -0.2) is 8.56 Å². The number of hydrogen-bond donors (Lipinski definition) is 0. The quantitative estimate of drug-likeness (QED) is 0.297. The van der Waals surface area contributed by atoms with E-state index in [-0.39, 0.29) is 0 Å². The van der Waals surface area contributed by atoms with Crippen molar-refractivity contribution < 1.29 is 8.85 Å². The van der Waals surface area contributed by atoms with Gasteiger partial charge in [-0.05, 0) is 93.7 Å². The molecule has 0 bridgehead atoms. The maximum atomic E-state index is 6.53. The summed E-state index contributed by atoms with van der Waals surface area (Å²) in [5, 5.41) is 0. The van der Waals surface area contributed by atoms with Crippen LogP contribution in [-0.2, 0) is 0 Å². The van der Waals surface area contributed by atoms with Crippen LogP contribution in [0.25, 0.3) is 0 Å². The lowest BCUT2D eigenvalue weighted by molar-refractivity contribution is 0.351. The Morgan fingerprint density at radius 3 is 1.22 bits per heavy atom. The van der Waals surface area contributed by atoms with Gasteiger partial charge in [-0.2, -0.15) is 0 Å². The second-order valence-corrected chi connectivity index (χ2v) is 12.8. The van der Waals surface area contributed by atoms with Crippen LogP contribution in [0.15, 0.2) is 48.5 Å². The summed E-state index contributed by atoms with van der Waals surface area (Å²) in [5.74, 6) is 1.79. The summed E-state index contributed by atoms with van der Waals surface area (Å²) >= 11 is 4.61. The molecule has 0 radical (unpaired) electrons. The lowest BCUT2D eigenvalue weighted by atomic mass is 10.3. The molecule has 0 aromatic heterocycles. The largest absolute Gasteiger partial charge is 0.512 e. The fourth-order valence-corrected chi connectivity index (χ4v) is 6.58. The number of halogens is 2. The zero-order valence-corrected chi connectivity index (χ0v) is 19.2. The Morgan fingerprint density at radius 2 is 0.957 bits per heavy atom. The molecule has 0 spiro atoms. The second-order valence-electron chi connectivity index (χ2n) is 6.14. The topological polar surface area (TPSA) is 18.5 Å². The monoisotopic (exact) mass is 552 g/mol. The molecule has 0 N–H and O–H groups in total. The SMILES string of the molecule is CC(C)[Si](Oc1ccc(I)cc1)(Oc1ccc(I)cc1)C(C)C. The first kappa shape index (κ1) is 19.0. The molecule has 0 saturated carbocycles. The number of benzene rings is 2. The lowest BCUT2D eigenvalue weighted by Crippen LogP contribution is -2.54. The molecule has 0 amide bonds. The highest BCUT2D eigenvalue weighted by Crippen LogP contribution is 2.36. The minimum absolute atomic E-state index is 0.334. The van der Waals surface area contributed by atoms with Gasteiger partial charge in [0.05, 0.1) is 0 Å². The average molecular weight is 552 g/mol. The molecule has 0 atom stereocenters. The van der Waals surface area contributed by atoms with E-state index in [0.29, 0.717) is 11.1 Å². The van der Waals surface area contributed by atoms with Crippen molar-refractivity contribution >= 4 is 53.7 Å². The van der Waals surface area contributed by atoms with Crippen molar-refractivity contribution in [3.63, 3.8) is 0 Å². The molecule has 124 valence electrons. The Hall–Kier alpha value is -0.283. The van der Waals surface area contributed by atoms with Gasteiger partial charge in [0.25, 0.3) is 0 Å². The van der Waals surface area contributed by atoms with E-state index < -0.39 is 8.56 Å². The summed E-state index contributed by atoms with van der Waals surface area (Å²) in [5.41, 5.74) is 0.669. The van der Waals surface area contributed by atoms with Crippen LogP contribution in [0.3, 0.4) is 0 Å². The highest BCUT2D eigenvalue weighted by Gasteiger charge is 2.49. The van der Waals surface area contributed by atoms with E-state index in [0.717, 1.165) is 11.5 Å². The molecular weight excluding hydrogens is 530 g/mol. The molecule has 2 aromatic carbocycles. The summed E-state index contributed by atoms with van der Waals surface area (Å²) in [6.07, 6.45) is 0. The molecule has 23 heavy (non-hydrogen) atoms. The molecule has 2 aromatic rings. The molecule has 0 saturated heterocycles. The molecule has 0 aliphatic heterocycles. The van der Waals surface area contributed by atoms with Crippen molar-refractivity contribution in [2.24, 2.45) is 0 Å². The Labute approximate surface area is 167 Å². The summed E-state index contributed by atoms with van der Waals surface area (Å²) in [6, 6.07) is 16.4. The predicted octanol–water partition coefficient (Wildman–Crippen LogP) is 6.62. The fraction of sp³-hybridized carbons (Fsp3) is 0.333. The molecule has 2 rings (SSSR count). The van der Waals surface area contributed by atoms with Crippen molar-refractivity contribution in [2.45, 2.75) is 38.8 Å². The van der Waals surface area contributed by atoms with E-state index in [1.165, 1.54) is 7.14 Å². The summed E-state index contributed by atoms with van der Waals surface area (Å²) in [7, 11) is -2.47. The van der Waals surface area contributed by atoms with Crippen LogP contribution in [0.4, 0.5) is 0 Å². The first-order chi connectivity index (χ1) is 10.8. The molecule has 2 nitrogen and oxygen atoms in total. The van der Waals surface area contributed by atoms with Gasteiger partial charge in [-0.3, -0.25) is 0 Å². The fourth-order valence-electron chi connectivity index (χ4n) is 2.53. The van der Waals surface area contributed by atoms with E-state index in [9.17, 15) is 0 Å². The Kier molecular flexibility index (Phi) is 6.79. The van der Waals surface area contributed by atoms with Gasteiger partial charge in [-0.15, -0.1) is 0 Å². The third-order valence-corrected chi connectivity index (χ3v) is 9.56. The second kappa shape index (κ2) is 8.20. The van der Waals surface area contributed by atoms with Crippen LogP contribution in [0, 0.1) is 7.14 Å². The van der Waals surface area contributed by atoms with E-state index in [2.05, 4.69) is 97.1 Å². The molecular formula is C18H22I2O2Si. The van der Waals surface area contributed by atoms with Gasteiger partial charge in [-0.25, -0.2) is 0 Å². The molecule has 0 unspecified atom stereocenters. The minimum atomic E-state index is -2.47. The molecule has 0 aliphatic rings. The van der Waals surface area contributed by atoms with Crippen LogP contribution in [0.1, 0.15) is 27.7 Å². The van der Waals surface area contributed by atoms with Gasteiger partial charge >= 0.3 is 8.56 Å². The number of rotatable bonds is 6. The Balaban J connectivity index is 2.34. The maximum Gasteiger partial charge on any atom is 0.465 e. The van der Waals surface area contributed by atoms with Gasteiger partial charge in [0.2, 0.25) is 0 Å². The average Bonchev–Trinajstić information content (AvgIpc) is 2.50. The summed E-state index contributed by atoms with van der Waals surface area (Å²) < 4.78 is 15.5. The molecule has 0 aliphatic carbocycles. The van der Waals surface area contributed by atoms with Gasteiger partial charge in [-0.1, -0.05) is 27.7 Å². The highest BCUT2D eigenvalue weighted by molar-refractivity contribution is 14.1. The van der Waals surface area contributed by atoms with Gasteiger partial charge < -0.3 is 8.85 Å². The predicted molar refractivity (Wildman–Crippen MR) is 116 cm³/mol. The normalized spacial score (nSPS) is 11.8. The summed E-state index contributed by atoms with van der Waals surface area (Å²) in [4.78, 5) is 0. The number of hydrogen-bond acceptors (Lipinski definition) is 2. The van der Waals surface area contributed by atoms with E-state index in [1.807, 2.05) is 24.3 Å². The van der Waals surface area contributed by atoms with E-state index >= 15 is 0 Å². The van der Waals surface area contributed by atoms with Gasteiger partial charge in [0.15, 0.2) is 0 Å². The first-order valence-electron chi connectivity index (χ1n) is 7.72. The molecule has 0 fully saturated rings. The van der Waals surface area contributed by atoms with E-state index in [4.69, 9.17) is 8.85 Å². The van der Waals surface area contributed by atoms with Crippen molar-refractivity contribution in [1.82, 2.24) is 0 Å². The van der Waals surface area contributed by atoms with Crippen LogP contribution in [0.2, 0.25) is 11.1 Å². The third-order valence-electron chi connectivity index (χ3n) is 3.79. The zero-order valence-electron chi connectivity index (χ0n) is 13.8.